The third-order valence-electron chi connectivity index (χ3n) is 3.63. The van der Waals surface area contributed by atoms with Crippen LogP contribution < -0.4 is 5.32 Å². The van der Waals surface area contributed by atoms with Crippen molar-refractivity contribution < 1.29 is 4.79 Å². The molecule has 4 nitrogen and oxygen atoms in total. The van der Waals surface area contributed by atoms with Gasteiger partial charge in [-0.05, 0) is 38.4 Å². The summed E-state index contributed by atoms with van der Waals surface area (Å²) in [6.07, 6.45) is 6.45. The normalized spacial score (nSPS) is 24.2. The lowest BCUT2D eigenvalue weighted by Gasteiger charge is -2.35. The van der Waals surface area contributed by atoms with Crippen LogP contribution in [0, 0.1) is 0 Å². The molecule has 1 fully saturated rings. The van der Waals surface area contributed by atoms with Crippen LogP contribution in [-0.2, 0) is 11.2 Å². The molecule has 2 heterocycles. The summed E-state index contributed by atoms with van der Waals surface area (Å²) in [4.78, 5) is 17.3. The second kappa shape index (κ2) is 4.92. The number of aromatic nitrogens is 1. The average molecular weight is 235 g/mol. The fourth-order valence-corrected chi connectivity index (χ4v) is 2.75. The van der Waals surface area contributed by atoms with Crippen LogP contribution in [0.5, 0.6) is 0 Å². The van der Waals surface area contributed by atoms with Crippen LogP contribution in [0.25, 0.3) is 0 Å². The van der Waals surface area contributed by atoms with Crippen LogP contribution in [-0.4, -0.2) is 41.5 Å². The van der Waals surface area contributed by atoms with Gasteiger partial charge in [-0.2, -0.15) is 0 Å². The summed E-state index contributed by atoms with van der Waals surface area (Å²) in [5, 5.41) is 3.19. The largest absolute Gasteiger partial charge is 0.367 e. The third-order valence-corrected chi connectivity index (χ3v) is 3.63. The van der Waals surface area contributed by atoms with E-state index in [1.807, 2.05) is 30.4 Å². The van der Waals surface area contributed by atoms with Crippen LogP contribution in [0.1, 0.15) is 25.3 Å². The van der Waals surface area contributed by atoms with E-state index in [9.17, 15) is 4.79 Å². The average Bonchev–Trinajstić information content (AvgIpc) is 2.88. The van der Waals surface area contributed by atoms with Crippen molar-refractivity contribution in [2.45, 2.75) is 31.7 Å². The second-order valence-corrected chi connectivity index (χ2v) is 5.07. The van der Waals surface area contributed by atoms with Gasteiger partial charge in [0.25, 0.3) is 0 Å². The fraction of sp³-hybridized carbons (Fsp3) is 0.615. The maximum absolute atomic E-state index is 12.3. The van der Waals surface area contributed by atoms with Crippen molar-refractivity contribution in [2.24, 2.45) is 0 Å². The monoisotopic (exact) mass is 235 g/mol. The zero-order chi connectivity index (χ0) is 12.3. The smallest absolute Gasteiger partial charge is 0.227 e. The van der Waals surface area contributed by atoms with Crippen molar-refractivity contribution in [3.8, 4) is 0 Å². The Kier molecular flexibility index (Phi) is 3.52. The van der Waals surface area contributed by atoms with E-state index in [0.29, 0.717) is 6.42 Å². The Morgan fingerprint density at radius 2 is 2.47 bits per heavy atom. The summed E-state index contributed by atoms with van der Waals surface area (Å²) >= 11 is 0. The molecule has 94 valence electrons. The molecule has 17 heavy (non-hydrogen) atoms. The van der Waals surface area contributed by atoms with Crippen molar-refractivity contribution >= 4 is 5.91 Å². The SMILES string of the molecule is CNCC1(C)CCCN1C(=O)Cc1cc[nH]c1. The molecule has 1 saturated heterocycles. The Bertz CT molecular complexity index is 374. The van der Waals surface area contributed by atoms with E-state index < -0.39 is 0 Å². The van der Waals surface area contributed by atoms with E-state index in [4.69, 9.17) is 0 Å². The Morgan fingerprint density at radius 3 is 3.12 bits per heavy atom. The molecule has 0 aromatic carbocycles. The molecule has 0 spiro atoms. The zero-order valence-electron chi connectivity index (χ0n) is 10.6. The number of H-pyrrole nitrogens is 1. The number of nitrogens with zero attached hydrogens (tertiary/aromatic N) is 1. The fourth-order valence-electron chi connectivity index (χ4n) is 2.75. The first-order valence-corrected chi connectivity index (χ1v) is 6.22. The molecule has 1 aromatic rings. The summed E-state index contributed by atoms with van der Waals surface area (Å²) in [6, 6.07) is 1.96. The van der Waals surface area contributed by atoms with E-state index in [2.05, 4.69) is 17.2 Å². The molecule has 0 bridgehead atoms. The minimum Gasteiger partial charge on any atom is -0.367 e. The molecule has 1 aliphatic rings. The van der Waals surface area contributed by atoms with Gasteiger partial charge in [-0.1, -0.05) is 0 Å². The van der Waals surface area contributed by atoms with E-state index in [0.717, 1.165) is 31.5 Å². The topological polar surface area (TPSA) is 48.1 Å². The molecule has 1 amide bonds. The summed E-state index contributed by atoms with van der Waals surface area (Å²) in [6.45, 7) is 3.93. The van der Waals surface area contributed by atoms with Crippen molar-refractivity contribution in [1.82, 2.24) is 15.2 Å². The minimum atomic E-state index is -0.0118. The first-order chi connectivity index (χ1) is 8.15. The van der Waals surface area contributed by atoms with Crippen molar-refractivity contribution in [3.05, 3.63) is 24.0 Å². The number of rotatable bonds is 4. The summed E-state index contributed by atoms with van der Waals surface area (Å²) < 4.78 is 0. The van der Waals surface area contributed by atoms with Crippen LogP contribution in [0.4, 0.5) is 0 Å². The standard InChI is InChI=1S/C13H21N3O/c1-13(10-14-2)5-3-7-16(13)12(17)8-11-4-6-15-9-11/h4,6,9,14-15H,3,5,7-8,10H2,1-2H3. The van der Waals surface area contributed by atoms with Crippen LogP contribution >= 0.6 is 0 Å². The number of amides is 1. The van der Waals surface area contributed by atoms with Gasteiger partial charge in [-0.15, -0.1) is 0 Å². The number of aromatic amines is 1. The highest BCUT2D eigenvalue weighted by molar-refractivity contribution is 5.79. The summed E-state index contributed by atoms with van der Waals surface area (Å²) in [5.41, 5.74) is 1.05. The first-order valence-electron chi connectivity index (χ1n) is 6.22. The minimum absolute atomic E-state index is 0.0118. The van der Waals surface area contributed by atoms with E-state index in [1.165, 1.54) is 0 Å². The molecule has 1 aliphatic heterocycles. The Labute approximate surface area is 102 Å². The molecule has 4 heteroatoms. The lowest BCUT2D eigenvalue weighted by molar-refractivity contribution is -0.133. The maximum Gasteiger partial charge on any atom is 0.227 e. The highest BCUT2D eigenvalue weighted by Crippen LogP contribution is 2.28. The molecule has 2 rings (SSSR count). The molecular formula is C13H21N3O. The van der Waals surface area contributed by atoms with Gasteiger partial charge in [-0.3, -0.25) is 4.79 Å². The number of likely N-dealkylation sites (tertiary alicyclic amines) is 1. The Balaban J connectivity index is 2.03. The van der Waals surface area contributed by atoms with Crippen molar-refractivity contribution in [1.29, 1.82) is 0 Å². The van der Waals surface area contributed by atoms with Crippen LogP contribution in [0.15, 0.2) is 18.5 Å². The Morgan fingerprint density at radius 1 is 1.65 bits per heavy atom. The number of nitrogens with one attached hydrogen (secondary N) is 2. The molecule has 1 atom stereocenters. The van der Waals surface area contributed by atoms with Gasteiger partial charge in [0.15, 0.2) is 0 Å². The van der Waals surface area contributed by atoms with Gasteiger partial charge in [0.05, 0.1) is 12.0 Å². The summed E-state index contributed by atoms with van der Waals surface area (Å²) in [7, 11) is 1.94. The number of carbonyl (C=O) groups excluding carboxylic acids is 1. The number of hydrogen-bond acceptors (Lipinski definition) is 2. The van der Waals surface area contributed by atoms with Crippen LogP contribution in [0.2, 0.25) is 0 Å². The van der Waals surface area contributed by atoms with Gasteiger partial charge in [-0.25, -0.2) is 0 Å². The van der Waals surface area contributed by atoms with Crippen LogP contribution in [0.3, 0.4) is 0 Å². The number of likely N-dealkylation sites (N-methyl/N-ethyl adjacent to an activating group) is 1. The number of carbonyl (C=O) groups is 1. The third kappa shape index (κ3) is 2.52. The van der Waals surface area contributed by atoms with E-state index in [1.54, 1.807) is 0 Å². The zero-order valence-corrected chi connectivity index (χ0v) is 10.6. The molecule has 2 N–H and O–H groups in total. The van der Waals surface area contributed by atoms with Gasteiger partial charge >= 0.3 is 0 Å². The molecule has 0 saturated carbocycles. The predicted octanol–water partition coefficient (Wildman–Crippen LogP) is 1.16. The van der Waals surface area contributed by atoms with E-state index >= 15 is 0 Å². The molecular weight excluding hydrogens is 214 g/mol. The highest BCUT2D eigenvalue weighted by atomic mass is 16.2. The molecule has 0 aliphatic carbocycles. The quantitative estimate of drug-likeness (QED) is 0.822. The predicted molar refractivity (Wildman–Crippen MR) is 67.8 cm³/mol. The van der Waals surface area contributed by atoms with E-state index in [-0.39, 0.29) is 11.4 Å². The molecule has 0 radical (unpaired) electrons. The second-order valence-electron chi connectivity index (χ2n) is 5.07. The van der Waals surface area contributed by atoms with Gasteiger partial charge in [0.2, 0.25) is 5.91 Å². The maximum atomic E-state index is 12.3. The molecule has 1 unspecified atom stereocenters. The van der Waals surface area contributed by atoms with Gasteiger partial charge in [0.1, 0.15) is 0 Å². The van der Waals surface area contributed by atoms with Gasteiger partial charge in [0, 0.05) is 25.5 Å². The van der Waals surface area contributed by atoms with Gasteiger partial charge < -0.3 is 15.2 Å². The summed E-state index contributed by atoms with van der Waals surface area (Å²) in [5.74, 6) is 0.236. The lowest BCUT2D eigenvalue weighted by Crippen LogP contribution is -2.51. The number of hydrogen-bond donors (Lipinski definition) is 2. The van der Waals surface area contributed by atoms with Crippen molar-refractivity contribution in [2.75, 3.05) is 20.1 Å². The molecule has 1 aromatic heterocycles. The highest BCUT2D eigenvalue weighted by Gasteiger charge is 2.38. The lowest BCUT2D eigenvalue weighted by atomic mass is 9.98. The Hall–Kier alpha value is -1.29. The first kappa shape index (κ1) is 12.2. The van der Waals surface area contributed by atoms with Crippen molar-refractivity contribution in [3.63, 3.8) is 0 Å².